The van der Waals surface area contributed by atoms with Gasteiger partial charge in [0.25, 0.3) is 0 Å². The van der Waals surface area contributed by atoms with Gasteiger partial charge < -0.3 is 4.90 Å². The zero-order chi connectivity index (χ0) is 17.8. The Kier molecular flexibility index (Phi) is 6.07. The van der Waals surface area contributed by atoms with Crippen LogP contribution in [0, 0.1) is 23.7 Å². The Hall–Kier alpha value is -1.36. The third-order valence-corrected chi connectivity index (χ3v) is 6.30. The van der Waals surface area contributed by atoms with Crippen molar-refractivity contribution in [3.8, 4) is 11.5 Å². The lowest BCUT2D eigenvalue weighted by atomic mass is 10.2. The van der Waals surface area contributed by atoms with Gasteiger partial charge in [-0.2, -0.15) is 4.31 Å². The minimum atomic E-state index is -3.31. The Labute approximate surface area is 145 Å². The minimum absolute atomic E-state index is 0.0406. The molecule has 0 atom stereocenters. The third kappa shape index (κ3) is 5.62. The second kappa shape index (κ2) is 7.68. The van der Waals surface area contributed by atoms with Gasteiger partial charge in [-0.3, -0.25) is 0 Å². The molecule has 0 unspecified atom stereocenters. The number of anilines is 1. The van der Waals surface area contributed by atoms with Crippen LogP contribution in [0.4, 0.5) is 10.1 Å². The highest BCUT2D eigenvalue weighted by molar-refractivity contribution is 7.89. The molecule has 1 aliphatic rings. The molecule has 0 bridgehead atoms. The van der Waals surface area contributed by atoms with Crippen LogP contribution in [0.3, 0.4) is 0 Å². The van der Waals surface area contributed by atoms with Crippen LogP contribution in [0.5, 0.6) is 0 Å². The van der Waals surface area contributed by atoms with Gasteiger partial charge in [0.15, 0.2) is 0 Å². The maximum atomic E-state index is 13.0. The van der Waals surface area contributed by atoms with Crippen molar-refractivity contribution in [3.05, 3.63) is 36.5 Å². The van der Waals surface area contributed by atoms with E-state index in [9.17, 15) is 12.8 Å². The largest absolute Gasteiger partial charge is 0.369 e. The molecule has 0 saturated carbocycles. The number of halogens is 1. The van der Waals surface area contributed by atoms with Crippen LogP contribution >= 0.6 is 0 Å². The number of sulfonamides is 1. The highest BCUT2D eigenvalue weighted by Gasteiger charge is 2.26. The standard InChI is InChI=1S/C17H24FN2O2SSi/c1-24(2,3)15-5-4-14-23(21,22)20-12-10-19(11-13-20)17-8-6-16(18)7-9-17/h4,6-9H,10-14H2,1-3H3. The van der Waals surface area contributed by atoms with Crippen LogP contribution in [0.15, 0.2) is 24.3 Å². The van der Waals surface area contributed by atoms with Crippen molar-refractivity contribution in [2.24, 2.45) is 0 Å². The van der Waals surface area contributed by atoms with Crippen LogP contribution in [0.1, 0.15) is 0 Å². The average Bonchev–Trinajstić information content (AvgIpc) is 2.52. The van der Waals surface area contributed by atoms with E-state index in [-0.39, 0.29) is 11.6 Å². The van der Waals surface area contributed by atoms with Crippen LogP contribution < -0.4 is 4.90 Å². The number of nitrogens with zero attached hydrogens (tertiary/aromatic N) is 2. The second-order valence-electron chi connectivity index (χ2n) is 6.86. The summed E-state index contributed by atoms with van der Waals surface area (Å²) in [6, 6.07) is 6.29. The zero-order valence-electron chi connectivity index (χ0n) is 14.4. The Bertz CT molecular complexity index is 710. The highest BCUT2D eigenvalue weighted by atomic mass is 32.2. The van der Waals surface area contributed by atoms with Gasteiger partial charge in [-0.1, -0.05) is 19.6 Å². The monoisotopic (exact) mass is 367 g/mol. The van der Waals surface area contributed by atoms with E-state index in [1.54, 1.807) is 18.6 Å². The molecule has 1 saturated heterocycles. The van der Waals surface area contributed by atoms with Gasteiger partial charge >= 0.3 is 0 Å². The van der Waals surface area contributed by atoms with Gasteiger partial charge in [-0.05, 0) is 24.3 Å². The fourth-order valence-electron chi connectivity index (χ4n) is 2.40. The molecule has 4 nitrogen and oxygen atoms in total. The Morgan fingerprint density at radius 2 is 1.71 bits per heavy atom. The topological polar surface area (TPSA) is 40.6 Å². The summed E-state index contributed by atoms with van der Waals surface area (Å²) in [5.41, 5.74) is 4.06. The molecular weight excluding hydrogens is 343 g/mol. The molecule has 0 spiro atoms. The van der Waals surface area contributed by atoms with Gasteiger partial charge in [0.2, 0.25) is 10.0 Å². The Balaban J connectivity index is 1.88. The fraction of sp³-hybridized carbons (Fsp3) is 0.471. The van der Waals surface area contributed by atoms with E-state index < -0.39 is 18.1 Å². The molecule has 1 fully saturated rings. The normalized spacial score (nSPS) is 16.6. The molecule has 0 aromatic heterocycles. The van der Waals surface area contributed by atoms with Crippen molar-refractivity contribution in [1.82, 2.24) is 4.31 Å². The smallest absolute Gasteiger partial charge is 0.215 e. The molecule has 0 amide bonds. The lowest BCUT2D eigenvalue weighted by Crippen LogP contribution is -2.49. The zero-order valence-corrected chi connectivity index (χ0v) is 16.2. The predicted octanol–water partition coefficient (Wildman–Crippen LogP) is 2.36. The lowest BCUT2D eigenvalue weighted by molar-refractivity contribution is 0.386. The molecule has 131 valence electrons. The fourth-order valence-corrected chi connectivity index (χ4v) is 4.16. The molecule has 1 radical (unpaired) electrons. The second-order valence-corrected chi connectivity index (χ2v) is 13.6. The first-order chi connectivity index (χ1) is 11.2. The van der Waals surface area contributed by atoms with Gasteiger partial charge in [0, 0.05) is 38.3 Å². The van der Waals surface area contributed by atoms with E-state index in [0.717, 1.165) is 5.69 Å². The van der Waals surface area contributed by atoms with Crippen molar-refractivity contribution >= 4 is 23.8 Å². The number of rotatable bonds is 4. The number of hydrogen-bond acceptors (Lipinski definition) is 3. The van der Waals surface area contributed by atoms with Crippen LogP contribution in [-0.2, 0) is 10.0 Å². The summed E-state index contributed by atoms with van der Waals surface area (Å²) >= 11 is 0. The first-order valence-electron chi connectivity index (χ1n) is 8.00. The Morgan fingerprint density at radius 3 is 2.25 bits per heavy atom. The predicted molar refractivity (Wildman–Crippen MR) is 99.4 cm³/mol. The summed E-state index contributed by atoms with van der Waals surface area (Å²) in [5, 5.41) is 0. The maximum Gasteiger partial charge on any atom is 0.215 e. The van der Waals surface area contributed by atoms with E-state index >= 15 is 0 Å². The van der Waals surface area contributed by atoms with E-state index in [2.05, 4.69) is 36.0 Å². The van der Waals surface area contributed by atoms with Gasteiger partial charge in [0.05, 0.1) is 5.75 Å². The first kappa shape index (κ1) is 19.0. The van der Waals surface area contributed by atoms with Crippen molar-refractivity contribution in [2.75, 3.05) is 36.8 Å². The molecule has 1 aliphatic heterocycles. The van der Waals surface area contributed by atoms with Crippen molar-refractivity contribution in [3.63, 3.8) is 0 Å². The number of hydrogen-bond donors (Lipinski definition) is 0. The average molecular weight is 368 g/mol. The van der Waals surface area contributed by atoms with Crippen molar-refractivity contribution in [1.29, 1.82) is 0 Å². The van der Waals surface area contributed by atoms with Crippen LogP contribution in [0.2, 0.25) is 19.6 Å². The number of benzene rings is 1. The highest BCUT2D eigenvalue weighted by Crippen LogP contribution is 2.18. The maximum absolute atomic E-state index is 13.0. The summed E-state index contributed by atoms with van der Waals surface area (Å²) < 4.78 is 39.2. The van der Waals surface area contributed by atoms with Gasteiger partial charge in [-0.25, -0.2) is 12.8 Å². The van der Waals surface area contributed by atoms with Crippen molar-refractivity contribution < 1.29 is 12.8 Å². The van der Waals surface area contributed by atoms with Gasteiger partial charge in [0.1, 0.15) is 13.9 Å². The molecule has 1 heterocycles. The van der Waals surface area contributed by atoms with Crippen LogP contribution in [0.25, 0.3) is 0 Å². The van der Waals surface area contributed by atoms with Gasteiger partial charge in [-0.15, -0.1) is 11.5 Å². The van der Waals surface area contributed by atoms with E-state index in [0.29, 0.717) is 26.2 Å². The quantitative estimate of drug-likeness (QED) is 0.606. The molecular formula is C17H24FN2O2SSi. The Morgan fingerprint density at radius 1 is 1.12 bits per heavy atom. The number of piperazine rings is 1. The molecule has 1 aromatic carbocycles. The van der Waals surface area contributed by atoms with E-state index in [4.69, 9.17) is 0 Å². The lowest BCUT2D eigenvalue weighted by Gasteiger charge is -2.35. The summed E-state index contributed by atoms with van der Waals surface area (Å²) in [5.74, 6) is 2.59. The summed E-state index contributed by atoms with van der Waals surface area (Å²) in [4.78, 5) is 2.07. The first-order valence-corrected chi connectivity index (χ1v) is 13.1. The molecule has 0 N–H and O–H groups in total. The summed E-state index contributed by atoms with van der Waals surface area (Å²) in [6.07, 6.45) is 1.56. The SMILES string of the molecule is C[Si](C)(C)C#C[CH]CS(=O)(=O)N1CCN(c2ccc(F)cc2)CC1. The summed E-state index contributed by atoms with van der Waals surface area (Å²) in [7, 11) is -4.79. The van der Waals surface area contributed by atoms with E-state index in [1.807, 2.05) is 0 Å². The molecule has 1 aromatic rings. The minimum Gasteiger partial charge on any atom is -0.369 e. The summed E-state index contributed by atoms with van der Waals surface area (Å²) in [6.45, 7) is 8.45. The van der Waals surface area contributed by atoms with E-state index in [1.165, 1.54) is 16.4 Å². The molecule has 7 heteroatoms. The molecule has 0 aliphatic carbocycles. The third-order valence-electron chi connectivity index (χ3n) is 3.67. The molecule has 24 heavy (non-hydrogen) atoms. The van der Waals surface area contributed by atoms with Crippen molar-refractivity contribution in [2.45, 2.75) is 19.6 Å². The molecule has 2 rings (SSSR count). The van der Waals surface area contributed by atoms with Crippen LogP contribution in [-0.4, -0.2) is 52.7 Å².